The van der Waals surface area contributed by atoms with Crippen molar-refractivity contribution in [1.82, 2.24) is 10.6 Å². The van der Waals surface area contributed by atoms with E-state index in [4.69, 9.17) is 24.4 Å². The van der Waals surface area contributed by atoms with Gasteiger partial charge in [-0.25, -0.2) is 0 Å². The Kier molecular flexibility index (Phi) is 8.45. The predicted molar refractivity (Wildman–Crippen MR) is 96.8 cm³/mol. The molecule has 1 unspecified atom stereocenters. The molecule has 6 heteroatoms. The van der Waals surface area contributed by atoms with E-state index in [1.165, 1.54) is 5.56 Å². The van der Waals surface area contributed by atoms with Gasteiger partial charge in [-0.1, -0.05) is 78.3 Å². The van der Waals surface area contributed by atoms with Crippen LogP contribution in [0.15, 0.2) is 30.3 Å². The minimum atomic E-state index is 0.567. The van der Waals surface area contributed by atoms with E-state index in [0.29, 0.717) is 5.37 Å². The Balaban J connectivity index is 0.000000250. The molecule has 1 heterocycles. The van der Waals surface area contributed by atoms with Crippen molar-refractivity contribution in [3.8, 4) is 0 Å². The van der Waals surface area contributed by atoms with Crippen LogP contribution < -0.4 is 10.6 Å². The van der Waals surface area contributed by atoms with Crippen molar-refractivity contribution in [2.45, 2.75) is 25.0 Å². The standard InChI is InChI=1S/C10H13NS2.C3H5NS2/c1-2-11-10(12)13-8-9-6-4-3-5-7-9;1-2-4-3(5)6-2/h3-7H,2,8H2,1H3,(H,11,12);2H,1H3,(H,4,5). The fourth-order valence-corrected chi connectivity index (χ4v) is 3.55. The molecule has 0 amide bonds. The lowest BCUT2D eigenvalue weighted by molar-refractivity contribution is 0.897. The molecule has 1 fully saturated rings. The topological polar surface area (TPSA) is 24.1 Å². The second-order valence-electron chi connectivity index (χ2n) is 3.78. The SMILES string of the molecule is CC1NC(=S)S1.CCNC(=S)SCc1ccccc1. The minimum Gasteiger partial charge on any atom is -0.371 e. The molecule has 1 atom stereocenters. The molecule has 104 valence electrons. The van der Waals surface area contributed by atoms with Crippen molar-refractivity contribution < 1.29 is 0 Å². The highest BCUT2D eigenvalue weighted by Crippen LogP contribution is 2.18. The summed E-state index contributed by atoms with van der Waals surface area (Å²) in [6.07, 6.45) is 0. The van der Waals surface area contributed by atoms with Gasteiger partial charge in [-0.05, 0) is 19.4 Å². The lowest BCUT2D eigenvalue weighted by Crippen LogP contribution is -2.38. The van der Waals surface area contributed by atoms with E-state index in [-0.39, 0.29) is 0 Å². The molecule has 0 spiro atoms. The number of thiocarbonyl (C=S) groups is 2. The number of benzene rings is 1. The fraction of sp³-hybridized carbons (Fsp3) is 0.385. The summed E-state index contributed by atoms with van der Waals surface area (Å²) in [4.78, 5) is 0. The fourth-order valence-electron chi connectivity index (χ4n) is 1.25. The van der Waals surface area contributed by atoms with Crippen LogP contribution in [0.4, 0.5) is 0 Å². The van der Waals surface area contributed by atoms with E-state index in [0.717, 1.165) is 20.9 Å². The van der Waals surface area contributed by atoms with Crippen LogP contribution in [0.5, 0.6) is 0 Å². The molecule has 0 bridgehead atoms. The lowest BCUT2D eigenvalue weighted by Gasteiger charge is -2.23. The van der Waals surface area contributed by atoms with Crippen LogP contribution in [0.1, 0.15) is 19.4 Å². The smallest absolute Gasteiger partial charge is 0.136 e. The van der Waals surface area contributed by atoms with E-state index >= 15 is 0 Å². The summed E-state index contributed by atoms with van der Waals surface area (Å²) in [6.45, 7) is 5.04. The third kappa shape index (κ3) is 7.77. The Labute approximate surface area is 134 Å². The van der Waals surface area contributed by atoms with Gasteiger partial charge in [-0.15, -0.1) is 0 Å². The van der Waals surface area contributed by atoms with Crippen LogP contribution in [0.25, 0.3) is 0 Å². The molecule has 1 aromatic carbocycles. The van der Waals surface area contributed by atoms with Gasteiger partial charge in [-0.2, -0.15) is 0 Å². The van der Waals surface area contributed by atoms with E-state index in [9.17, 15) is 0 Å². The van der Waals surface area contributed by atoms with Gasteiger partial charge in [-0.3, -0.25) is 0 Å². The Morgan fingerprint density at radius 2 is 2.05 bits per heavy atom. The van der Waals surface area contributed by atoms with Gasteiger partial charge in [0.2, 0.25) is 0 Å². The second-order valence-corrected chi connectivity index (χ2v) is 7.45. The Bertz CT molecular complexity index is 400. The first-order valence-electron chi connectivity index (χ1n) is 6.03. The Hall–Kier alpha value is -0.300. The Morgan fingerprint density at radius 3 is 2.47 bits per heavy atom. The van der Waals surface area contributed by atoms with Crippen LogP contribution in [0.2, 0.25) is 0 Å². The monoisotopic (exact) mass is 330 g/mol. The molecule has 0 aliphatic carbocycles. The first-order chi connectivity index (χ1) is 9.11. The van der Waals surface area contributed by atoms with Crippen molar-refractivity contribution in [3.05, 3.63) is 35.9 Å². The molecule has 1 saturated heterocycles. The molecular weight excluding hydrogens is 312 g/mol. The molecular formula is C13H18N2S4. The summed E-state index contributed by atoms with van der Waals surface area (Å²) in [7, 11) is 0. The van der Waals surface area contributed by atoms with Gasteiger partial charge in [0.15, 0.2) is 0 Å². The number of thioether (sulfide) groups is 2. The lowest BCUT2D eigenvalue weighted by atomic mass is 10.2. The molecule has 2 N–H and O–H groups in total. The maximum atomic E-state index is 5.10. The zero-order valence-electron chi connectivity index (χ0n) is 11.0. The first-order valence-corrected chi connectivity index (χ1v) is 8.71. The van der Waals surface area contributed by atoms with Crippen LogP contribution >= 0.6 is 48.0 Å². The predicted octanol–water partition coefficient (Wildman–Crippen LogP) is 3.77. The van der Waals surface area contributed by atoms with Crippen LogP contribution in [-0.2, 0) is 5.75 Å². The molecule has 1 aliphatic rings. The molecule has 1 aromatic rings. The van der Waals surface area contributed by atoms with Gasteiger partial charge in [0, 0.05) is 12.3 Å². The maximum Gasteiger partial charge on any atom is 0.136 e. The summed E-state index contributed by atoms with van der Waals surface area (Å²) in [5.74, 6) is 0.951. The number of nitrogens with one attached hydrogen (secondary N) is 2. The third-order valence-electron chi connectivity index (χ3n) is 2.14. The minimum absolute atomic E-state index is 0.567. The van der Waals surface area contributed by atoms with Crippen LogP contribution in [0, 0.1) is 0 Å². The second kappa shape index (κ2) is 9.58. The van der Waals surface area contributed by atoms with Gasteiger partial charge in [0.25, 0.3) is 0 Å². The van der Waals surface area contributed by atoms with Crippen LogP contribution in [0.3, 0.4) is 0 Å². The number of hydrogen-bond acceptors (Lipinski definition) is 4. The zero-order valence-corrected chi connectivity index (χ0v) is 14.3. The quantitative estimate of drug-likeness (QED) is 0.819. The van der Waals surface area contributed by atoms with E-state index < -0.39 is 0 Å². The molecule has 0 saturated carbocycles. The van der Waals surface area contributed by atoms with Crippen LogP contribution in [-0.4, -0.2) is 20.6 Å². The Morgan fingerprint density at radius 1 is 1.42 bits per heavy atom. The average Bonchev–Trinajstić information content (AvgIpc) is 2.37. The van der Waals surface area contributed by atoms with Crippen molar-refractivity contribution in [2.75, 3.05) is 6.54 Å². The molecule has 2 rings (SSSR count). The normalized spacial score (nSPS) is 16.5. The third-order valence-corrected chi connectivity index (χ3v) is 4.73. The van der Waals surface area contributed by atoms with Gasteiger partial charge in [0.05, 0.1) is 5.37 Å². The highest BCUT2D eigenvalue weighted by atomic mass is 32.2. The summed E-state index contributed by atoms with van der Waals surface area (Å²) >= 11 is 13.2. The van der Waals surface area contributed by atoms with Crippen molar-refractivity contribution >= 4 is 56.6 Å². The molecule has 0 aromatic heterocycles. The number of hydrogen-bond donors (Lipinski definition) is 2. The number of rotatable bonds is 3. The largest absolute Gasteiger partial charge is 0.371 e. The van der Waals surface area contributed by atoms with E-state index in [1.807, 2.05) is 18.2 Å². The molecule has 19 heavy (non-hydrogen) atoms. The van der Waals surface area contributed by atoms with E-state index in [2.05, 4.69) is 36.6 Å². The maximum absolute atomic E-state index is 5.10. The molecule has 2 nitrogen and oxygen atoms in total. The summed E-state index contributed by atoms with van der Waals surface area (Å²) < 4.78 is 1.81. The van der Waals surface area contributed by atoms with Crippen molar-refractivity contribution in [1.29, 1.82) is 0 Å². The zero-order chi connectivity index (χ0) is 14.1. The first kappa shape index (κ1) is 16.8. The highest BCUT2D eigenvalue weighted by Gasteiger charge is 2.15. The van der Waals surface area contributed by atoms with Gasteiger partial charge < -0.3 is 10.6 Å². The van der Waals surface area contributed by atoms with Crippen molar-refractivity contribution in [3.63, 3.8) is 0 Å². The van der Waals surface area contributed by atoms with Gasteiger partial charge >= 0.3 is 0 Å². The molecule has 0 radical (unpaired) electrons. The summed E-state index contributed by atoms with van der Waals surface area (Å²) in [6, 6.07) is 10.3. The van der Waals surface area contributed by atoms with Crippen molar-refractivity contribution in [2.24, 2.45) is 0 Å². The molecule has 1 aliphatic heterocycles. The summed E-state index contributed by atoms with van der Waals surface area (Å²) in [5.41, 5.74) is 1.31. The van der Waals surface area contributed by atoms with Gasteiger partial charge in [0.1, 0.15) is 8.64 Å². The highest BCUT2D eigenvalue weighted by molar-refractivity contribution is 8.25. The van der Waals surface area contributed by atoms with E-state index in [1.54, 1.807) is 23.5 Å². The summed E-state index contributed by atoms with van der Waals surface area (Å²) in [5, 5.41) is 6.68. The average molecular weight is 331 g/mol.